The smallest absolute Gasteiger partial charge is 0.223 e. The molecule has 5 aliphatic carbocycles. The number of quaternary nitrogens is 1. The number of nitrogens with zero attached hydrogens (tertiary/aromatic N) is 3. The van der Waals surface area contributed by atoms with Crippen LogP contribution in [0.4, 0.5) is 0 Å². The largest absolute Gasteiger partial charge is 0.330 e. The molecule has 0 radical (unpaired) electrons. The molecule has 4 aliphatic heterocycles. The van der Waals surface area contributed by atoms with E-state index in [0.29, 0.717) is 29.7 Å². The molecule has 2 aromatic rings. The SMILES string of the molecule is CC1=C2C=CC=CC1CCC1=C3CC4=C(C=Cc5cccc(c5CC4)C4=Cc5ccccc5C=CC1CC4)N1CCCCC(C)[N+]4(C)C5=C(CC2C(C)CCN5C)C3=C14. The first-order valence-electron chi connectivity index (χ1n) is 23.4. The molecule has 59 heavy (non-hydrogen) atoms. The Morgan fingerprint density at radius 2 is 1.56 bits per heavy atom. The summed E-state index contributed by atoms with van der Waals surface area (Å²) in [6, 6.07) is 16.8. The van der Waals surface area contributed by atoms with Gasteiger partial charge in [-0.25, -0.2) is 4.48 Å². The molecule has 1 saturated heterocycles. The molecule has 3 nitrogen and oxygen atoms in total. The summed E-state index contributed by atoms with van der Waals surface area (Å²) in [7, 11) is 5.11. The molecule has 6 atom stereocenters. The second-order valence-corrected chi connectivity index (χ2v) is 19.8. The molecule has 0 spiro atoms. The molecule has 1 fully saturated rings. The van der Waals surface area contributed by atoms with E-state index in [9.17, 15) is 0 Å². The maximum atomic E-state index is 2.93. The third-order valence-corrected chi connectivity index (χ3v) is 16.7. The van der Waals surface area contributed by atoms with Crippen LogP contribution in [0.2, 0.25) is 0 Å². The summed E-state index contributed by atoms with van der Waals surface area (Å²) >= 11 is 0. The molecule has 2 aromatic carbocycles. The summed E-state index contributed by atoms with van der Waals surface area (Å²) in [5.74, 6) is 5.10. The number of allylic oxidation sites excluding steroid dienone is 14. The van der Waals surface area contributed by atoms with Crippen LogP contribution in [0, 0.1) is 23.7 Å². The Hall–Kier alpha value is -4.60. The van der Waals surface area contributed by atoms with Crippen LogP contribution >= 0.6 is 0 Å². The summed E-state index contributed by atoms with van der Waals surface area (Å²) < 4.78 is 0.920. The zero-order valence-electron chi connectivity index (χ0n) is 36.4. The van der Waals surface area contributed by atoms with Crippen molar-refractivity contribution in [1.29, 1.82) is 0 Å². The van der Waals surface area contributed by atoms with E-state index < -0.39 is 0 Å². The summed E-state index contributed by atoms with van der Waals surface area (Å²) in [5.41, 5.74) is 21.8. The van der Waals surface area contributed by atoms with Gasteiger partial charge in [0, 0.05) is 37.8 Å². The van der Waals surface area contributed by atoms with E-state index in [4.69, 9.17) is 0 Å². The third-order valence-electron chi connectivity index (χ3n) is 16.7. The highest BCUT2D eigenvalue weighted by molar-refractivity contribution is 5.87. The fourth-order valence-corrected chi connectivity index (χ4v) is 13.3. The van der Waals surface area contributed by atoms with Crippen LogP contribution in [-0.4, -0.2) is 47.5 Å². The molecule has 9 bridgehead atoms. The second kappa shape index (κ2) is 14.5. The monoisotopic (exact) mass is 779 g/mol. The molecular formula is C56H64N3+. The molecule has 0 saturated carbocycles. The van der Waals surface area contributed by atoms with E-state index in [2.05, 4.69) is 142 Å². The Morgan fingerprint density at radius 1 is 0.712 bits per heavy atom. The number of hydrogen-bond acceptors (Lipinski definition) is 2. The molecule has 9 aliphatic rings. The zero-order chi connectivity index (χ0) is 40.0. The first-order valence-corrected chi connectivity index (χ1v) is 23.4. The minimum atomic E-state index is 0.348. The van der Waals surface area contributed by atoms with E-state index in [1.165, 1.54) is 59.2 Å². The van der Waals surface area contributed by atoms with E-state index in [1.54, 1.807) is 56.2 Å². The molecule has 3 heteroatoms. The van der Waals surface area contributed by atoms with E-state index in [1.807, 2.05) is 0 Å². The van der Waals surface area contributed by atoms with Crippen LogP contribution in [0.1, 0.15) is 119 Å². The molecule has 0 aromatic heterocycles. The van der Waals surface area contributed by atoms with Gasteiger partial charge in [-0.1, -0.05) is 109 Å². The van der Waals surface area contributed by atoms with Crippen molar-refractivity contribution in [3.05, 3.63) is 163 Å². The standard InChI is InChI=1S/C56H64N3/c1-36-30-32-57(4)55-52-35-50(36)46-18-9-8-14-39(38(46)3)24-27-49-42-21-20-40-15-6-7-16-43(40)33-44(23-22-42)47-19-12-17-41-26-29-53-45(25-28-48(41)47)34-51(49)54(52)56-58(53)31-11-10-13-37(2)59(55,56)5/h6-9,12,14-21,26,29,33,36-37,39,42,50H,10-11,13,22-25,27-28,30-32,34-35H2,1-5H3/q+1. The first kappa shape index (κ1) is 37.4. The number of hydrogen-bond donors (Lipinski definition) is 0. The lowest BCUT2D eigenvalue weighted by molar-refractivity contribution is -0.874. The highest BCUT2D eigenvalue weighted by Gasteiger charge is 2.56. The summed E-state index contributed by atoms with van der Waals surface area (Å²) in [4.78, 5) is 5.69. The van der Waals surface area contributed by atoms with Crippen molar-refractivity contribution in [2.24, 2.45) is 23.7 Å². The van der Waals surface area contributed by atoms with Crippen molar-refractivity contribution >= 4 is 23.8 Å². The third kappa shape index (κ3) is 5.92. The van der Waals surface area contributed by atoms with Gasteiger partial charge in [0.25, 0.3) is 0 Å². The average Bonchev–Trinajstić information content (AvgIpc) is 3.28. The quantitative estimate of drug-likeness (QED) is 0.246. The van der Waals surface area contributed by atoms with Gasteiger partial charge in [0.1, 0.15) is 0 Å². The Labute approximate surface area is 354 Å². The van der Waals surface area contributed by atoms with Crippen LogP contribution in [0.25, 0.3) is 23.8 Å². The lowest BCUT2D eigenvalue weighted by Crippen LogP contribution is -2.56. The Kier molecular flexibility index (Phi) is 9.22. The maximum Gasteiger partial charge on any atom is 0.223 e. The Bertz CT molecular complexity index is 2450. The fourth-order valence-electron chi connectivity index (χ4n) is 13.3. The van der Waals surface area contributed by atoms with Gasteiger partial charge >= 0.3 is 0 Å². The lowest BCUT2D eigenvalue weighted by atomic mass is 9.74. The predicted molar refractivity (Wildman–Crippen MR) is 247 cm³/mol. The number of benzene rings is 2. The zero-order valence-corrected chi connectivity index (χ0v) is 36.4. The Balaban J connectivity index is 1.28. The predicted octanol–water partition coefficient (Wildman–Crippen LogP) is 13.2. The van der Waals surface area contributed by atoms with E-state index >= 15 is 0 Å². The molecular weight excluding hydrogens is 715 g/mol. The van der Waals surface area contributed by atoms with E-state index in [0.717, 1.165) is 68.9 Å². The summed E-state index contributed by atoms with van der Waals surface area (Å²) in [5, 5.41) is 0. The fraction of sp³-hybridized carbons (Fsp3) is 0.429. The van der Waals surface area contributed by atoms with Gasteiger partial charge in [-0.15, -0.1) is 0 Å². The lowest BCUT2D eigenvalue weighted by Gasteiger charge is -2.47. The van der Waals surface area contributed by atoms with Crippen LogP contribution in [0.15, 0.2) is 135 Å². The second-order valence-electron chi connectivity index (χ2n) is 19.8. The average molecular weight is 779 g/mol. The minimum absolute atomic E-state index is 0.348. The van der Waals surface area contributed by atoms with Gasteiger partial charge in [0.05, 0.1) is 18.7 Å². The van der Waals surface area contributed by atoms with E-state index in [-0.39, 0.29) is 0 Å². The molecule has 0 amide bonds. The van der Waals surface area contributed by atoms with Crippen molar-refractivity contribution in [3.63, 3.8) is 0 Å². The number of rotatable bonds is 0. The van der Waals surface area contributed by atoms with Crippen LogP contribution in [-0.2, 0) is 6.42 Å². The maximum absolute atomic E-state index is 2.93. The summed E-state index contributed by atoms with van der Waals surface area (Å²) in [6.07, 6.45) is 36.5. The Morgan fingerprint density at radius 3 is 2.46 bits per heavy atom. The van der Waals surface area contributed by atoms with Crippen LogP contribution in [0.5, 0.6) is 0 Å². The van der Waals surface area contributed by atoms with Crippen molar-refractivity contribution in [2.45, 2.75) is 104 Å². The van der Waals surface area contributed by atoms with Gasteiger partial charge < -0.3 is 4.90 Å². The normalized spacial score (nSPS) is 31.2. The van der Waals surface area contributed by atoms with Crippen molar-refractivity contribution < 1.29 is 4.48 Å². The van der Waals surface area contributed by atoms with Crippen LogP contribution in [0.3, 0.4) is 0 Å². The van der Waals surface area contributed by atoms with Gasteiger partial charge in [0.15, 0.2) is 0 Å². The molecule has 302 valence electrons. The first-order chi connectivity index (χ1) is 28.8. The summed E-state index contributed by atoms with van der Waals surface area (Å²) in [6.45, 7) is 9.88. The highest BCUT2D eigenvalue weighted by atomic mass is 15.5. The minimum Gasteiger partial charge on any atom is -0.330 e. The van der Waals surface area contributed by atoms with Crippen molar-refractivity contribution in [2.75, 3.05) is 27.2 Å². The van der Waals surface area contributed by atoms with Crippen molar-refractivity contribution in [3.8, 4) is 0 Å². The van der Waals surface area contributed by atoms with Gasteiger partial charge in [-0.2, -0.15) is 0 Å². The topological polar surface area (TPSA) is 6.48 Å². The van der Waals surface area contributed by atoms with Gasteiger partial charge in [-0.3, -0.25) is 4.90 Å². The van der Waals surface area contributed by atoms with Gasteiger partial charge in [0.2, 0.25) is 11.6 Å². The van der Waals surface area contributed by atoms with Crippen LogP contribution < -0.4 is 0 Å². The number of fused-ring (bicyclic) bond motifs is 12. The van der Waals surface area contributed by atoms with Gasteiger partial charge in [-0.05, 0) is 164 Å². The molecule has 4 heterocycles. The highest BCUT2D eigenvalue weighted by Crippen LogP contribution is 2.57. The molecule has 0 N–H and O–H groups in total. The molecule has 11 rings (SSSR count). The molecule has 6 unspecified atom stereocenters. The van der Waals surface area contributed by atoms with Crippen molar-refractivity contribution in [1.82, 2.24) is 9.80 Å².